The standard InChI is InChI=1S/C15H19ClN2OS/c1-4-8(2)9(3)18-15(19)14-13(17)11-6-5-10(16)7-12(11)20-14/h5-9H,4,17H2,1-3H3,(H,18,19). The van der Waals surface area contributed by atoms with Crippen LogP contribution in [0.3, 0.4) is 0 Å². The average molecular weight is 311 g/mol. The number of fused-ring (bicyclic) bond motifs is 1. The highest BCUT2D eigenvalue weighted by Crippen LogP contribution is 2.35. The maximum atomic E-state index is 12.3. The summed E-state index contributed by atoms with van der Waals surface area (Å²) in [6.07, 6.45) is 1.03. The van der Waals surface area contributed by atoms with Crippen LogP contribution < -0.4 is 11.1 Å². The minimum Gasteiger partial charge on any atom is -0.397 e. The van der Waals surface area contributed by atoms with Gasteiger partial charge in [-0.1, -0.05) is 31.9 Å². The molecule has 5 heteroatoms. The van der Waals surface area contributed by atoms with Crippen molar-refractivity contribution in [3.8, 4) is 0 Å². The first-order valence-corrected chi connectivity index (χ1v) is 7.91. The van der Waals surface area contributed by atoms with Gasteiger partial charge in [0.15, 0.2) is 0 Å². The predicted octanol–water partition coefficient (Wildman–Crippen LogP) is 4.30. The third-order valence-corrected chi connectivity index (χ3v) is 5.16. The zero-order valence-corrected chi connectivity index (χ0v) is 13.4. The van der Waals surface area contributed by atoms with Crippen LogP contribution in [0.2, 0.25) is 5.02 Å². The van der Waals surface area contributed by atoms with E-state index in [1.807, 2.05) is 19.1 Å². The highest BCUT2D eigenvalue weighted by atomic mass is 35.5. The average Bonchev–Trinajstić information content (AvgIpc) is 2.74. The first-order chi connectivity index (χ1) is 9.43. The lowest BCUT2D eigenvalue weighted by molar-refractivity contribution is 0.0933. The monoisotopic (exact) mass is 310 g/mol. The molecule has 0 aliphatic rings. The van der Waals surface area contributed by atoms with Crippen molar-refractivity contribution in [1.29, 1.82) is 0 Å². The van der Waals surface area contributed by atoms with Crippen molar-refractivity contribution >= 4 is 44.6 Å². The molecule has 2 aromatic rings. The molecule has 0 radical (unpaired) electrons. The van der Waals surface area contributed by atoms with Crippen LogP contribution >= 0.6 is 22.9 Å². The number of nitrogens with two attached hydrogens (primary N) is 1. The first kappa shape index (κ1) is 15.1. The Kier molecular flexibility index (Phi) is 4.55. The molecule has 1 aromatic carbocycles. The number of hydrogen-bond donors (Lipinski definition) is 2. The number of carbonyl (C=O) groups is 1. The van der Waals surface area contributed by atoms with Gasteiger partial charge >= 0.3 is 0 Å². The summed E-state index contributed by atoms with van der Waals surface area (Å²) in [6, 6.07) is 5.61. The van der Waals surface area contributed by atoms with Crippen molar-refractivity contribution in [2.75, 3.05) is 5.73 Å². The molecule has 108 valence electrons. The second-order valence-electron chi connectivity index (χ2n) is 5.13. The normalized spacial score (nSPS) is 14.2. The Morgan fingerprint density at radius 2 is 2.15 bits per heavy atom. The Bertz CT molecular complexity index is 638. The Hall–Kier alpha value is -1.26. The topological polar surface area (TPSA) is 55.1 Å². The lowest BCUT2D eigenvalue weighted by Crippen LogP contribution is -2.36. The van der Waals surface area contributed by atoms with E-state index in [4.69, 9.17) is 17.3 Å². The van der Waals surface area contributed by atoms with Crippen LogP contribution in [0.5, 0.6) is 0 Å². The van der Waals surface area contributed by atoms with E-state index >= 15 is 0 Å². The minimum atomic E-state index is -0.104. The first-order valence-electron chi connectivity index (χ1n) is 6.72. The highest BCUT2D eigenvalue weighted by molar-refractivity contribution is 7.21. The molecule has 0 aliphatic heterocycles. The molecular formula is C15H19ClN2OS. The van der Waals surface area contributed by atoms with Crippen LogP contribution in [0, 0.1) is 5.92 Å². The largest absolute Gasteiger partial charge is 0.397 e. The molecule has 3 nitrogen and oxygen atoms in total. The second kappa shape index (κ2) is 6.02. The van der Waals surface area contributed by atoms with E-state index in [1.165, 1.54) is 11.3 Å². The maximum absolute atomic E-state index is 12.3. The zero-order chi connectivity index (χ0) is 14.9. The third kappa shape index (κ3) is 2.91. The van der Waals surface area contributed by atoms with E-state index in [1.54, 1.807) is 6.07 Å². The van der Waals surface area contributed by atoms with Crippen LogP contribution in [0.15, 0.2) is 18.2 Å². The summed E-state index contributed by atoms with van der Waals surface area (Å²) in [5, 5.41) is 4.56. The van der Waals surface area contributed by atoms with Crippen LogP contribution in [0.25, 0.3) is 10.1 Å². The van der Waals surface area contributed by atoms with Crippen molar-refractivity contribution < 1.29 is 4.79 Å². The number of rotatable bonds is 4. The molecule has 0 aliphatic carbocycles. The number of hydrogen-bond acceptors (Lipinski definition) is 3. The van der Waals surface area contributed by atoms with Gasteiger partial charge in [-0.3, -0.25) is 4.79 Å². The van der Waals surface area contributed by atoms with E-state index in [-0.39, 0.29) is 11.9 Å². The molecule has 0 spiro atoms. The number of halogens is 1. The fourth-order valence-corrected chi connectivity index (χ4v) is 3.33. The number of thiophene rings is 1. The van der Waals surface area contributed by atoms with E-state index in [0.29, 0.717) is 21.5 Å². The maximum Gasteiger partial charge on any atom is 0.263 e. The minimum absolute atomic E-state index is 0.104. The van der Waals surface area contributed by atoms with Gasteiger partial charge in [0.05, 0.1) is 5.69 Å². The Morgan fingerprint density at radius 3 is 2.80 bits per heavy atom. The summed E-state index contributed by atoms with van der Waals surface area (Å²) >= 11 is 7.36. The molecule has 1 amide bonds. The number of amides is 1. The molecule has 2 rings (SSSR count). The molecule has 0 bridgehead atoms. The van der Waals surface area contributed by atoms with E-state index in [2.05, 4.69) is 19.2 Å². The molecule has 0 saturated heterocycles. The number of nitrogens with one attached hydrogen (secondary N) is 1. The zero-order valence-electron chi connectivity index (χ0n) is 11.9. The van der Waals surface area contributed by atoms with Crippen LogP contribution in [-0.2, 0) is 0 Å². The predicted molar refractivity (Wildman–Crippen MR) is 87.6 cm³/mol. The molecule has 0 fully saturated rings. The highest BCUT2D eigenvalue weighted by Gasteiger charge is 2.19. The number of carbonyl (C=O) groups excluding carboxylic acids is 1. The van der Waals surface area contributed by atoms with E-state index < -0.39 is 0 Å². The summed E-state index contributed by atoms with van der Waals surface area (Å²) in [5.41, 5.74) is 6.62. The van der Waals surface area contributed by atoms with E-state index in [9.17, 15) is 4.79 Å². The summed E-state index contributed by atoms with van der Waals surface area (Å²) in [4.78, 5) is 12.9. The van der Waals surface area contributed by atoms with Crippen LogP contribution in [-0.4, -0.2) is 11.9 Å². The lowest BCUT2D eigenvalue weighted by atomic mass is 10.0. The van der Waals surface area contributed by atoms with Gasteiger partial charge in [0, 0.05) is 21.2 Å². The molecule has 2 atom stereocenters. The summed E-state index contributed by atoms with van der Waals surface area (Å²) in [7, 11) is 0. The van der Waals surface area contributed by atoms with Crippen molar-refractivity contribution in [2.45, 2.75) is 33.2 Å². The summed E-state index contributed by atoms with van der Waals surface area (Å²) in [5.74, 6) is 0.330. The number of benzene rings is 1. The van der Waals surface area contributed by atoms with Gasteiger partial charge in [-0.2, -0.15) is 0 Å². The van der Waals surface area contributed by atoms with Crippen molar-refractivity contribution in [2.24, 2.45) is 5.92 Å². The fraction of sp³-hybridized carbons (Fsp3) is 0.400. The van der Waals surface area contributed by atoms with Gasteiger partial charge < -0.3 is 11.1 Å². The van der Waals surface area contributed by atoms with Gasteiger partial charge in [0.1, 0.15) is 4.88 Å². The van der Waals surface area contributed by atoms with Gasteiger partial charge in [0.25, 0.3) is 5.91 Å². The SMILES string of the molecule is CCC(C)C(C)NC(=O)c1sc2cc(Cl)ccc2c1N. The number of nitrogen functional groups attached to an aromatic ring is 1. The number of anilines is 1. The third-order valence-electron chi connectivity index (χ3n) is 3.75. The molecule has 1 aromatic heterocycles. The van der Waals surface area contributed by atoms with Crippen molar-refractivity contribution in [1.82, 2.24) is 5.32 Å². The molecule has 20 heavy (non-hydrogen) atoms. The lowest BCUT2D eigenvalue weighted by Gasteiger charge is -2.19. The fourth-order valence-electron chi connectivity index (χ4n) is 2.03. The Balaban J connectivity index is 2.28. The summed E-state index contributed by atoms with van der Waals surface area (Å²) in [6.45, 7) is 6.26. The van der Waals surface area contributed by atoms with Gasteiger partial charge in [0.2, 0.25) is 0 Å². The van der Waals surface area contributed by atoms with E-state index in [0.717, 1.165) is 16.5 Å². The van der Waals surface area contributed by atoms with Crippen molar-refractivity contribution in [3.05, 3.63) is 28.1 Å². The smallest absolute Gasteiger partial charge is 0.263 e. The quantitative estimate of drug-likeness (QED) is 0.884. The summed E-state index contributed by atoms with van der Waals surface area (Å²) < 4.78 is 0.941. The molecule has 2 unspecified atom stereocenters. The van der Waals surface area contributed by atoms with Crippen molar-refractivity contribution in [3.63, 3.8) is 0 Å². The molecule has 1 heterocycles. The Morgan fingerprint density at radius 1 is 1.45 bits per heavy atom. The molecule has 3 N–H and O–H groups in total. The van der Waals surface area contributed by atoms with Gasteiger partial charge in [-0.25, -0.2) is 0 Å². The molecule has 0 saturated carbocycles. The van der Waals surface area contributed by atoms with Crippen LogP contribution in [0.4, 0.5) is 5.69 Å². The Labute approximate surface area is 128 Å². The van der Waals surface area contributed by atoms with Gasteiger partial charge in [-0.05, 0) is 31.0 Å². The molecular weight excluding hydrogens is 292 g/mol. The van der Waals surface area contributed by atoms with Gasteiger partial charge in [-0.15, -0.1) is 11.3 Å². The second-order valence-corrected chi connectivity index (χ2v) is 6.62. The van der Waals surface area contributed by atoms with Crippen LogP contribution in [0.1, 0.15) is 36.9 Å².